The Bertz CT molecular complexity index is 1150. The molecule has 0 N–H and O–H groups in total. The van der Waals surface area contributed by atoms with Gasteiger partial charge in [-0.2, -0.15) is 0 Å². The molecular formula is C26H33NO6S. The zero-order valence-corrected chi connectivity index (χ0v) is 21.1. The summed E-state index contributed by atoms with van der Waals surface area (Å²) in [5.74, 6) is 0.943. The number of nitrogens with zero attached hydrogens (tertiary/aromatic N) is 1. The summed E-state index contributed by atoms with van der Waals surface area (Å²) in [7, 11) is -2.01. The Hall–Kier alpha value is -2.58. The number of fused-ring (bicyclic) bond motifs is 1. The van der Waals surface area contributed by atoms with E-state index in [4.69, 9.17) is 14.2 Å². The summed E-state index contributed by atoms with van der Waals surface area (Å²) in [6, 6.07) is 12.3. The number of piperidine rings is 1. The minimum atomic E-state index is -3.55. The highest BCUT2D eigenvalue weighted by atomic mass is 32.2. The molecule has 2 aliphatic rings. The topological polar surface area (TPSA) is 82.1 Å². The Morgan fingerprint density at radius 1 is 1.12 bits per heavy atom. The zero-order chi connectivity index (χ0) is 24.5. The minimum Gasteiger partial charge on any atom is -0.493 e. The fourth-order valence-corrected chi connectivity index (χ4v) is 7.38. The molecule has 4 rings (SSSR count). The Kier molecular flexibility index (Phi) is 6.92. The van der Waals surface area contributed by atoms with E-state index in [1.54, 1.807) is 42.3 Å². The summed E-state index contributed by atoms with van der Waals surface area (Å²) in [6.07, 6.45) is 0.897. The number of methoxy groups -OCH3 is 1. The lowest BCUT2D eigenvalue weighted by Gasteiger charge is -2.45. The first-order valence-corrected chi connectivity index (χ1v) is 13.3. The molecule has 2 heterocycles. The second-order valence-electron chi connectivity index (χ2n) is 9.20. The summed E-state index contributed by atoms with van der Waals surface area (Å²) < 4.78 is 43.6. The molecule has 0 radical (unpaired) electrons. The number of rotatable bonds is 6. The Morgan fingerprint density at radius 2 is 1.82 bits per heavy atom. The molecule has 0 aliphatic carbocycles. The number of carbonyl (C=O) groups excluding carboxylic acids is 1. The van der Waals surface area contributed by atoms with Crippen LogP contribution in [0, 0.1) is 0 Å². The number of hydrogen-bond donors (Lipinski definition) is 0. The van der Waals surface area contributed by atoms with Crippen molar-refractivity contribution in [2.24, 2.45) is 0 Å². The smallest absolute Gasteiger partial charge is 0.253 e. The molecule has 1 amide bonds. The molecule has 1 saturated heterocycles. The van der Waals surface area contributed by atoms with Gasteiger partial charge in [-0.1, -0.05) is 18.2 Å². The fourth-order valence-electron chi connectivity index (χ4n) is 5.06. The van der Waals surface area contributed by atoms with Gasteiger partial charge in [0.2, 0.25) is 0 Å². The SMILES string of the molecule is CCOC1CC2(CCN(C(=O)c3ccc(OC(C)C)c(OC)c3)CC2)S(=O)(=O)c2ccccc21. The van der Waals surface area contributed by atoms with Crippen molar-refractivity contribution in [2.45, 2.75) is 61.9 Å². The van der Waals surface area contributed by atoms with Crippen LogP contribution >= 0.6 is 0 Å². The van der Waals surface area contributed by atoms with Crippen LogP contribution in [-0.2, 0) is 14.6 Å². The third-order valence-corrected chi connectivity index (χ3v) is 9.45. The Balaban J connectivity index is 1.55. The van der Waals surface area contributed by atoms with Gasteiger partial charge >= 0.3 is 0 Å². The summed E-state index contributed by atoms with van der Waals surface area (Å²) in [6.45, 7) is 7.02. The van der Waals surface area contributed by atoms with E-state index < -0.39 is 14.6 Å². The molecule has 0 aromatic heterocycles. The molecule has 0 bridgehead atoms. The molecule has 2 aliphatic heterocycles. The van der Waals surface area contributed by atoms with Crippen molar-refractivity contribution in [3.05, 3.63) is 53.6 Å². The molecule has 1 spiro atoms. The van der Waals surface area contributed by atoms with Crippen molar-refractivity contribution >= 4 is 15.7 Å². The number of benzene rings is 2. The van der Waals surface area contributed by atoms with Gasteiger partial charge in [0.1, 0.15) is 0 Å². The number of likely N-dealkylation sites (tertiary alicyclic amines) is 1. The van der Waals surface area contributed by atoms with Crippen LogP contribution < -0.4 is 9.47 Å². The predicted octanol–water partition coefficient (Wildman–Crippen LogP) is 4.41. The zero-order valence-electron chi connectivity index (χ0n) is 20.2. The summed E-state index contributed by atoms with van der Waals surface area (Å²) >= 11 is 0. The van der Waals surface area contributed by atoms with E-state index in [9.17, 15) is 13.2 Å². The van der Waals surface area contributed by atoms with E-state index in [1.807, 2.05) is 32.9 Å². The van der Waals surface area contributed by atoms with E-state index in [0.29, 0.717) is 60.9 Å². The van der Waals surface area contributed by atoms with Crippen LogP contribution in [0.15, 0.2) is 47.4 Å². The lowest BCUT2D eigenvalue weighted by molar-refractivity contribution is 0.0322. The van der Waals surface area contributed by atoms with Gasteiger partial charge in [-0.15, -0.1) is 0 Å². The molecule has 1 fully saturated rings. The average Bonchev–Trinajstić information content (AvgIpc) is 2.83. The van der Waals surface area contributed by atoms with Crippen LogP contribution in [-0.4, -0.2) is 56.9 Å². The highest BCUT2D eigenvalue weighted by Crippen LogP contribution is 2.49. The number of carbonyl (C=O) groups is 1. The van der Waals surface area contributed by atoms with Gasteiger partial charge in [-0.3, -0.25) is 4.79 Å². The van der Waals surface area contributed by atoms with Crippen molar-refractivity contribution in [3.63, 3.8) is 0 Å². The standard InChI is InChI=1S/C26H33NO6S/c1-5-32-23-17-26(34(29,30)24-9-7-6-8-20(23)24)12-14-27(15-13-26)25(28)19-10-11-21(33-18(2)3)22(16-19)31-4/h6-11,16,18,23H,5,12-15,17H2,1-4H3. The van der Waals surface area contributed by atoms with Gasteiger partial charge in [0.25, 0.3) is 5.91 Å². The molecule has 8 heteroatoms. The molecular weight excluding hydrogens is 454 g/mol. The van der Waals surface area contributed by atoms with Crippen LogP contribution in [0.5, 0.6) is 11.5 Å². The summed E-state index contributed by atoms with van der Waals surface area (Å²) in [5, 5.41) is 0. The van der Waals surface area contributed by atoms with Crippen LogP contribution in [0.2, 0.25) is 0 Å². The largest absolute Gasteiger partial charge is 0.493 e. The highest BCUT2D eigenvalue weighted by Gasteiger charge is 2.53. The molecule has 1 atom stereocenters. The van der Waals surface area contributed by atoms with E-state index in [0.717, 1.165) is 5.56 Å². The average molecular weight is 488 g/mol. The quantitative estimate of drug-likeness (QED) is 0.600. The lowest BCUT2D eigenvalue weighted by atomic mass is 9.87. The number of amides is 1. The molecule has 34 heavy (non-hydrogen) atoms. The molecule has 184 valence electrons. The van der Waals surface area contributed by atoms with Gasteiger partial charge in [0, 0.05) is 25.3 Å². The van der Waals surface area contributed by atoms with Gasteiger partial charge in [-0.05, 0) is 69.9 Å². The van der Waals surface area contributed by atoms with E-state index in [-0.39, 0.29) is 18.1 Å². The monoisotopic (exact) mass is 487 g/mol. The van der Waals surface area contributed by atoms with Gasteiger partial charge in [0.15, 0.2) is 21.3 Å². The second-order valence-corrected chi connectivity index (χ2v) is 11.5. The molecule has 2 aromatic rings. The van der Waals surface area contributed by atoms with Crippen LogP contribution in [0.1, 0.15) is 62.1 Å². The third kappa shape index (κ3) is 4.29. The Morgan fingerprint density at radius 3 is 2.47 bits per heavy atom. The van der Waals surface area contributed by atoms with Gasteiger partial charge in [-0.25, -0.2) is 8.42 Å². The van der Waals surface area contributed by atoms with Crippen molar-refractivity contribution in [1.82, 2.24) is 4.90 Å². The van der Waals surface area contributed by atoms with E-state index in [2.05, 4.69) is 0 Å². The molecule has 0 saturated carbocycles. The van der Waals surface area contributed by atoms with Crippen LogP contribution in [0.4, 0.5) is 0 Å². The minimum absolute atomic E-state index is 0.0168. The van der Waals surface area contributed by atoms with Crippen molar-refractivity contribution in [3.8, 4) is 11.5 Å². The number of sulfone groups is 1. The van der Waals surface area contributed by atoms with Crippen LogP contribution in [0.25, 0.3) is 0 Å². The fraction of sp³-hybridized carbons (Fsp3) is 0.500. The third-order valence-electron chi connectivity index (χ3n) is 6.79. The second kappa shape index (κ2) is 9.58. The molecule has 2 aromatic carbocycles. The first kappa shape index (κ1) is 24.5. The van der Waals surface area contributed by atoms with Crippen LogP contribution in [0.3, 0.4) is 0 Å². The summed E-state index contributed by atoms with van der Waals surface area (Å²) in [5.41, 5.74) is 1.23. The molecule has 7 nitrogen and oxygen atoms in total. The maximum absolute atomic E-state index is 13.7. The first-order valence-electron chi connectivity index (χ1n) is 11.8. The Labute approximate surface area is 201 Å². The predicted molar refractivity (Wildman–Crippen MR) is 129 cm³/mol. The van der Waals surface area contributed by atoms with Crippen molar-refractivity contribution in [1.29, 1.82) is 0 Å². The number of hydrogen-bond acceptors (Lipinski definition) is 6. The van der Waals surface area contributed by atoms with E-state index >= 15 is 0 Å². The highest BCUT2D eigenvalue weighted by molar-refractivity contribution is 7.93. The maximum atomic E-state index is 13.7. The number of ether oxygens (including phenoxy) is 3. The molecule has 1 unspecified atom stereocenters. The summed E-state index contributed by atoms with van der Waals surface area (Å²) in [4.78, 5) is 15.4. The van der Waals surface area contributed by atoms with Gasteiger partial charge in [0.05, 0.1) is 29.0 Å². The maximum Gasteiger partial charge on any atom is 0.253 e. The van der Waals surface area contributed by atoms with E-state index in [1.165, 1.54) is 0 Å². The first-order chi connectivity index (χ1) is 16.2. The van der Waals surface area contributed by atoms with Gasteiger partial charge < -0.3 is 19.1 Å². The van der Waals surface area contributed by atoms with Crippen molar-refractivity contribution in [2.75, 3.05) is 26.8 Å². The lowest BCUT2D eigenvalue weighted by Crippen LogP contribution is -2.53. The van der Waals surface area contributed by atoms with Crippen molar-refractivity contribution < 1.29 is 27.4 Å². The normalized spacial score (nSPS) is 20.7.